The summed E-state index contributed by atoms with van der Waals surface area (Å²) in [5.41, 5.74) is 3.72. The number of fused-ring (bicyclic) bond motifs is 1. The summed E-state index contributed by atoms with van der Waals surface area (Å²) in [5.74, 6) is 0.156. The van der Waals surface area contributed by atoms with Gasteiger partial charge in [0.2, 0.25) is 10.0 Å². The van der Waals surface area contributed by atoms with E-state index in [2.05, 4.69) is 10.0 Å². The zero-order valence-electron chi connectivity index (χ0n) is 19.1. The Morgan fingerprint density at radius 2 is 1.80 bits per heavy atom. The smallest absolute Gasteiger partial charge is 0.276 e. The number of furan rings is 1. The maximum absolute atomic E-state index is 13.3. The molecule has 9 heteroatoms. The molecule has 4 aromatic rings. The van der Waals surface area contributed by atoms with Crippen LogP contribution in [0.25, 0.3) is 5.69 Å². The molecular formula is C26H26N4O4S. The lowest BCUT2D eigenvalue weighted by atomic mass is 10.1. The van der Waals surface area contributed by atoms with Crippen molar-refractivity contribution in [2.24, 2.45) is 0 Å². The van der Waals surface area contributed by atoms with Crippen LogP contribution in [0.3, 0.4) is 0 Å². The second-order valence-electron chi connectivity index (χ2n) is 8.47. The van der Waals surface area contributed by atoms with E-state index >= 15 is 0 Å². The van der Waals surface area contributed by atoms with Crippen molar-refractivity contribution in [3.63, 3.8) is 0 Å². The van der Waals surface area contributed by atoms with Crippen LogP contribution in [0.4, 0.5) is 5.69 Å². The fraction of sp³-hybridized carbons (Fsp3) is 0.231. The number of aromatic nitrogens is 2. The molecule has 2 N–H and O–H groups in total. The molecule has 1 aliphatic rings. The minimum absolute atomic E-state index is 0.0367. The minimum Gasteiger partial charge on any atom is -0.468 e. The van der Waals surface area contributed by atoms with E-state index in [1.54, 1.807) is 24.3 Å². The lowest BCUT2D eigenvalue weighted by molar-refractivity contribution is 0.102. The van der Waals surface area contributed by atoms with Gasteiger partial charge < -0.3 is 9.73 Å². The SMILES string of the molecule is O=C(Nc1cccc(S(=O)(=O)NCc2ccco2)c1)c1nn(-c2ccccc2)c2c1CCCCC2. The van der Waals surface area contributed by atoms with Gasteiger partial charge in [-0.3, -0.25) is 4.79 Å². The van der Waals surface area contributed by atoms with E-state index < -0.39 is 10.0 Å². The van der Waals surface area contributed by atoms with Gasteiger partial charge in [0.15, 0.2) is 5.69 Å². The summed E-state index contributed by atoms with van der Waals surface area (Å²) in [6, 6.07) is 19.4. The largest absolute Gasteiger partial charge is 0.468 e. The number of amides is 1. The Kier molecular flexibility index (Phi) is 6.52. The minimum atomic E-state index is -3.79. The van der Waals surface area contributed by atoms with Gasteiger partial charge in [0.05, 0.1) is 23.4 Å². The van der Waals surface area contributed by atoms with Gasteiger partial charge in [0.25, 0.3) is 5.91 Å². The second-order valence-corrected chi connectivity index (χ2v) is 10.2. The fourth-order valence-electron chi connectivity index (χ4n) is 4.33. The highest BCUT2D eigenvalue weighted by Crippen LogP contribution is 2.27. The van der Waals surface area contributed by atoms with Crippen LogP contribution >= 0.6 is 0 Å². The average Bonchev–Trinajstić information content (AvgIpc) is 3.45. The van der Waals surface area contributed by atoms with E-state index in [0.717, 1.165) is 49.0 Å². The molecule has 0 saturated heterocycles. The number of carbonyl (C=O) groups excluding carboxylic acids is 1. The van der Waals surface area contributed by atoms with Gasteiger partial charge in [-0.25, -0.2) is 17.8 Å². The molecule has 180 valence electrons. The van der Waals surface area contributed by atoms with Crippen molar-refractivity contribution >= 4 is 21.6 Å². The Morgan fingerprint density at radius 1 is 0.971 bits per heavy atom. The number of anilines is 1. The first-order chi connectivity index (χ1) is 17.0. The predicted molar refractivity (Wildman–Crippen MR) is 132 cm³/mol. The number of nitrogens with zero attached hydrogens (tertiary/aromatic N) is 2. The van der Waals surface area contributed by atoms with E-state index in [1.165, 1.54) is 18.4 Å². The molecule has 2 aromatic heterocycles. The molecule has 2 aromatic carbocycles. The molecule has 0 aliphatic heterocycles. The highest BCUT2D eigenvalue weighted by molar-refractivity contribution is 7.89. The van der Waals surface area contributed by atoms with Gasteiger partial charge in [-0.2, -0.15) is 5.10 Å². The molecule has 0 atom stereocenters. The summed E-state index contributed by atoms with van der Waals surface area (Å²) >= 11 is 0. The first kappa shape index (κ1) is 23.1. The first-order valence-electron chi connectivity index (χ1n) is 11.6. The van der Waals surface area contributed by atoms with Crippen LogP contribution in [0, 0.1) is 0 Å². The third-order valence-corrected chi connectivity index (χ3v) is 7.46. The molecule has 5 rings (SSSR count). The van der Waals surface area contributed by atoms with E-state index in [0.29, 0.717) is 17.1 Å². The molecule has 1 aliphatic carbocycles. The van der Waals surface area contributed by atoms with Gasteiger partial charge in [0.1, 0.15) is 5.76 Å². The number of carbonyl (C=O) groups is 1. The molecule has 8 nitrogen and oxygen atoms in total. The predicted octanol–water partition coefficient (Wildman–Crippen LogP) is 4.47. The van der Waals surface area contributed by atoms with E-state index in [-0.39, 0.29) is 17.3 Å². The molecule has 0 spiro atoms. The Labute approximate surface area is 204 Å². The van der Waals surface area contributed by atoms with Gasteiger partial charge in [-0.1, -0.05) is 30.7 Å². The lowest BCUT2D eigenvalue weighted by Crippen LogP contribution is -2.23. The van der Waals surface area contributed by atoms with Crippen molar-refractivity contribution < 1.29 is 17.6 Å². The van der Waals surface area contributed by atoms with Gasteiger partial charge in [0, 0.05) is 16.9 Å². The number of nitrogens with one attached hydrogen (secondary N) is 2. The van der Waals surface area contributed by atoms with Crippen molar-refractivity contribution in [3.8, 4) is 5.69 Å². The standard InChI is InChI=1S/C26H26N4O4S/c31-26(25-23-14-5-2-6-15-24(23)30(29-25)20-10-3-1-4-11-20)28-19-9-7-13-22(17-19)35(32,33)27-18-21-12-8-16-34-21/h1,3-4,7-13,16-17,27H,2,5-6,14-15,18H2,(H,28,31). The Balaban J connectivity index is 1.40. The van der Waals surface area contributed by atoms with Crippen LogP contribution < -0.4 is 10.0 Å². The average molecular weight is 491 g/mol. The molecule has 0 unspecified atom stereocenters. The summed E-state index contributed by atoms with van der Waals surface area (Å²) in [4.78, 5) is 13.4. The van der Waals surface area contributed by atoms with E-state index in [4.69, 9.17) is 9.52 Å². The monoisotopic (exact) mass is 490 g/mol. The summed E-state index contributed by atoms with van der Waals surface area (Å²) in [6.07, 6.45) is 6.30. The van der Waals surface area contributed by atoms with Crippen molar-refractivity contribution in [1.29, 1.82) is 0 Å². The number of para-hydroxylation sites is 1. The van der Waals surface area contributed by atoms with Gasteiger partial charge in [-0.15, -0.1) is 0 Å². The normalized spacial score (nSPS) is 13.7. The zero-order valence-corrected chi connectivity index (χ0v) is 19.9. The summed E-state index contributed by atoms with van der Waals surface area (Å²) in [5, 5.41) is 7.54. The van der Waals surface area contributed by atoms with E-state index in [1.807, 2.05) is 35.0 Å². The maximum atomic E-state index is 13.3. The quantitative estimate of drug-likeness (QED) is 0.372. The summed E-state index contributed by atoms with van der Waals surface area (Å²) in [7, 11) is -3.79. The van der Waals surface area contributed by atoms with E-state index in [9.17, 15) is 13.2 Å². The Morgan fingerprint density at radius 3 is 2.60 bits per heavy atom. The van der Waals surface area contributed by atoms with Crippen molar-refractivity contribution in [2.45, 2.75) is 43.5 Å². The van der Waals surface area contributed by atoms with Crippen LogP contribution in [0.15, 0.2) is 82.3 Å². The molecule has 2 heterocycles. The zero-order chi connectivity index (χ0) is 24.3. The lowest BCUT2D eigenvalue weighted by Gasteiger charge is -2.09. The number of hydrogen-bond acceptors (Lipinski definition) is 5. The molecular weight excluding hydrogens is 464 g/mol. The molecule has 35 heavy (non-hydrogen) atoms. The number of hydrogen-bond donors (Lipinski definition) is 2. The maximum Gasteiger partial charge on any atom is 0.276 e. The third kappa shape index (κ3) is 5.06. The van der Waals surface area contributed by atoms with Crippen LogP contribution in [0.5, 0.6) is 0 Å². The van der Waals surface area contributed by atoms with Crippen molar-refractivity contribution in [2.75, 3.05) is 5.32 Å². The molecule has 1 amide bonds. The number of sulfonamides is 1. The Hall–Kier alpha value is -3.69. The van der Waals surface area contributed by atoms with Crippen LogP contribution in [-0.2, 0) is 29.4 Å². The highest BCUT2D eigenvalue weighted by Gasteiger charge is 2.25. The fourth-order valence-corrected chi connectivity index (χ4v) is 5.37. The molecule has 0 radical (unpaired) electrons. The number of benzene rings is 2. The summed E-state index contributed by atoms with van der Waals surface area (Å²) < 4.78 is 35.1. The van der Waals surface area contributed by atoms with Crippen molar-refractivity contribution in [3.05, 3.63) is 95.7 Å². The topological polar surface area (TPSA) is 106 Å². The van der Waals surface area contributed by atoms with Crippen LogP contribution in [0.1, 0.15) is 46.8 Å². The summed E-state index contributed by atoms with van der Waals surface area (Å²) in [6.45, 7) is 0.0367. The second kappa shape index (κ2) is 9.89. The molecule has 0 saturated carbocycles. The molecule has 0 bridgehead atoms. The third-order valence-electron chi connectivity index (χ3n) is 6.06. The van der Waals surface area contributed by atoms with Crippen molar-refractivity contribution in [1.82, 2.24) is 14.5 Å². The highest BCUT2D eigenvalue weighted by atomic mass is 32.2. The molecule has 0 fully saturated rings. The van der Waals surface area contributed by atoms with Gasteiger partial charge >= 0.3 is 0 Å². The van der Waals surface area contributed by atoms with Gasteiger partial charge in [-0.05, 0) is 68.1 Å². The Bertz CT molecular complexity index is 1430. The van der Waals surface area contributed by atoms with Crippen LogP contribution in [-0.4, -0.2) is 24.1 Å². The first-order valence-corrected chi connectivity index (χ1v) is 13.1. The van der Waals surface area contributed by atoms with Crippen LogP contribution in [0.2, 0.25) is 0 Å². The number of rotatable bonds is 7.